The molecule has 0 N–H and O–H groups in total. The summed E-state index contributed by atoms with van der Waals surface area (Å²) in [6.45, 7) is 1.95. The molecule has 1 aromatic heterocycles. The van der Waals surface area contributed by atoms with Gasteiger partial charge in [-0.1, -0.05) is 18.2 Å². The minimum Gasteiger partial charge on any atom is -0.457 e. The van der Waals surface area contributed by atoms with Crippen molar-refractivity contribution in [1.82, 2.24) is 15.1 Å². The molecule has 4 aromatic rings. The number of nitrogens with zero attached hydrogens (tertiary/aromatic N) is 4. The summed E-state index contributed by atoms with van der Waals surface area (Å²) >= 11 is 0. The van der Waals surface area contributed by atoms with Crippen molar-refractivity contribution in [2.75, 3.05) is 32.1 Å². The molecule has 3 aromatic carbocycles. The number of hydrogen-bond donors (Lipinski definition) is 0. The molecule has 1 atom stereocenters. The minimum atomic E-state index is -4.63. The number of alkyl halides is 3. The number of ether oxygens (including phenoxy) is 1. The fraction of sp³-hybridized carbons (Fsp3) is 0.259. The molecule has 0 spiro atoms. The van der Waals surface area contributed by atoms with Gasteiger partial charge in [0.1, 0.15) is 11.5 Å². The SMILES string of the molecule is CN(C)C1CCN(c2ccc(-c3nnc(-c4ccc(Oc5ccccc5)c(C(F)(F)F)c4)o3)cc2)C1. The van der Waals surface area contributed by atoms with Crippen molar-refractivity contribution in [3.63, 3.8) is 0 Å². The van der Waals surface area contributed by atoms with E-state index in [1.165, 1.54) is 12.1 Å². The number of aromatic nitrogens is 2. The van der Waals surface area contributed by atoms with E-state index in [0.29, 0.717) is 17.4 Å². The molecule has 6 nitrogen and oxygen atoms in total. The van der Waals surface area contributed by atoms with Crippen LogP contribution in [0.2, 0.25) is 0 Å². The topological polar surface area (TPSA) is 54.6 Å². The maximum absolute atomic E-state index is 13.8. The standard InChI is InChI=1S/C27H25F3N4O2/c1-33(2)21-14-15-34(17-21)20-11-8-18(9-12-20)25-31-32-26(36-25)19-10-13-24(23(16-19)27(28,29)30)35-22-6-4-3-5-7-22/h3-13,16,21H,14-15,17H2,1-2H3. The Bertz CT molecular complexity index is 1320. The van der Waals surface area contributed by atoms with Crippen LogP contribution in [-0.4, -0.2) is 48.3 Å². The van der Waals surface area contributed by atoms with Gasteiger partial charge in [-0.25, -0.2) is 0 Å². The van der Waals surface area contributed by atoms with E-state index in [0.717, 1.165) is 31.3 Å². The van der Waals surface area contributed by atoms with Crippen LogP contribution in [-0.2, 0) is 6.18 Å². The van der Waals surface area contributed by atoms with Crippen LogP contribution in [0, 0.1) is 0 Å². The Morgan fingerprint density at radius 2 is 1.58 bits per heavy atom. The quantitative estimate of drug-likeness (QED) is 0.311. The summed E-state index contributed by atoms with van der Waals surface area (Å²) in [5, 5.41) is 8.05. The predicted molar refractivity (Wildman–Crippen MR) is 131 cm³/mol. The summed E-state index contributed by atoms with van der Waals surface area (Å²) in [5.74, 6) is 0.248. The fourth-order valence-electron chi connectivity index (χ4n) is 4.26. The van der Waals surface area contributed by atoms with E-state index in [2.05, 4.69) is 34.1 Å². The molecule has 0 bridgehead atoms. The molecule has 1 saturated heterocycles. The van der Waals surface area contributed by atoms with Crippen LogP contribution >= 0.6 is 0 Å². The Morgan fingerprint density at radius 3 is 2.22 bits per heavy atom. The van der Waals surface area contributed by atoms with E-state index in [-0.39, 0.29) is 23.1 Å². The average molecular weight is 495 g/mol. The van der Waals surface area contributed by atoms with E-state index >= 15 is 0 Å². The van der Waals surface area contributed by atoms with Gasteiger partial charge >= 0.3 is 6.18 Å². The molecule has 1 unspecified atom stereocenters. The van der Waals surface area contributed by atoms with Crippen LogP contribution < -0.4 is 9.64 Å². The third kappa shape index (κ3) is 5.06. The van der Waals surface area contributed by atoms with Crippen molar-refractivity contribution >= 4 is 5.69 Å². The van der Waals surface area contributed by atoms with Crippen molar-refractivity contribution in [2.45, 2.75) is 18.6 Å². The second-order valence-corrected chi connectivity index (χ2v) is 8.94. The van der Waals surface area contributed by atoms with Crippen LogP contribution in [0.5, 0.6) is 11.5 Å². The lowest BCUT2D eigenvalue weighted by atomic mass is 10.1. The van der Waals surface area contributed by atoms with Gasteiger partial charge in [-0.15, -0.1) is 10.2 Å². The lowest BCUT2D eigenvalue weighted by Crippen LogP contribution is -2.31. The third-order valence-corrected chi connectivity index (χ3v) is 6.30. The molecule has 36 heavy (non-hydrogen) atoms. The highest BCUT2D eigenvalue weighted by molar-refractivity contribution is 5.63. The van der Waals surface area contributed by atoms with Gasteiger partial charge in [0.2, 0.25) is 11.8 Å². The molecule has 9 heteroatoms. The predicted octanol–water partition coefficient (Wildman–Crippen LogP) is 6.36. The zero-order valence-electron chi connectivity index (χ0n) is 19.9. The largest absolute Gasteiger partial charge is 0.457 e. The highest BCUT2D eigenvalue weighted by Crippen LogP contribution is 2.40. The van der Waals surface area contributed by atoms with Gasteiger partial charge in [-0.2, -0.15) is 13.2 Å². The summed E-state index contributed by atoms with van der Waals surface area (Å²) in [7, 11) is 4.18. The summed E-state index contributed by atoms with van der Waals surface area (Å²) in [4.78, 5) is 4.56. The highest BCUT2D eigenvalue weighted by atomic mass is 19.4. The normalized spacial score (nSPS) is 16.1. The van der Waals surface area contributed by atoms with Crippen molar-refractivity contribution < 1.29 is 22.3 Å². The van der Waals surface area contributed by atoms with Crippen LogP contribution in [0.15, 0.2) is 77.2 Å². The molecule has 0 amide bonds. The summed E-state index contributed by atoms with van der Waals surface area (Å²) in [6, 6.07) is 20.3. The molecule has 0 aliphatic carbocycles. The molecule has 186 valence electrons. The van der Waals surface area contributed by atoms with Crippen LogP contribution in [0.4, 0.5) is 18.9 Å². The summed E-state index contributed by atoms with van der Waals surface area (Å²) in [5.41, 5.74) is 1.03. The maximum atomic E-state index is 13.8. The molecule has 2 heterocycles. The lowest BCUT2D eigenvalue weighted by molar-refractivity contribution is -0.138. The van der Waals surface area contributed by atoms with Gasteiger partial charge in [0.25, 0.3) is 0 Å². The van der Waals surface area contributed by atoms with Gasteiger partial charge in [-0.05, 0) is 75.1 Å². The van der Waals surface area contributed by atoms with Crippen molar-refractivity contribution in [1.29, 1.82) is 0 Å². The molecular formula is C27H25F3N4O2. The Hall–Kier alpha value is -3.85. The number of likely N-dealkylation sites (N-methyl/N-ethyl adjacent to an activating group) is 1. The van der Waals surface area contributed by atoms with Gasteiger partial charge in [0.15, 0.2) is 0 Å². The summed E-state index contributed by atoms with van der Waals surface area (Å²) in [6.07, 6.45) is -3.52. The van der Waals surface area contributed by atoms with E-state index in [4.69, 9.17) is 9.15 Å². The first kappa shape index (κ1) is 23.9. The molecule has 1 aliphatic rings. The zero-order chi connectivity index (χ0) is 25.3. The van der Waals surface area contributed by atoms with Gasteiger partial charge < -0.3 is 19.0 Å². The van der Waals surface area contributed by atoms with E-state index in [1.54, 1.807) is 30.3 Å². The second-order valence-electron chi connectivity index (χ2n) is 8.94. The van der Waals surface area contributed by atoms with E-state index in [1.807, 2.05) is 24.3 Å². The Balaban J connectivity index is 1.36. The van der Waals surface area contributed by atoms with Crippen LogP contribution in [0.3, 0.4) is 0 Å². The van der Waals surface area contributed by atoms with Crippen molar-refractivity contribution in [2.24, 2.45) is 0 Å². The number of hydrogen-bond acceptors (Lipinski definition) is 6. The molecule has 0 saturated carbocycles. The van der Waals surface area contributed by atoms with Crippen LogP contribution in [0.1, 0.15) is 12.0 Å². The number of benzene rings is 3. The number of halogens is 3. The smallest absolute Gasteiger partial charge is 0.420 e. The lowest BCUT2D eigenvalue weighted by Gasteiger charge is -2.21. The van der Waals surface area contributed by atoms with Gasteiger partial charge in [0.05, 0.1) is 5.56 Å². The van der Waals surface area contributed by atoms with Crippen LogP contribution in [0.25, 0.3) is 22.9 Å². The number of para-hydroxylation sites is 1. The molecule has 1 aliphatic heterocycles. The van der Waals surface area contributed by atoms with Gasteiger partial charge in [0, 0.05) is 35.9 Å². The monoisotopic (exact) mass is 494 g/mol. The Morgan fingerprint density at radius 1 is 0.917 bits per heavy atom. The van der Waals surface area contributed by atoms with Gasteiger partial charge in [-0.3, -0.25) is 0 Å². The second kappa shape index (κ2) is 9.66. The van der Waals surface area contributed by atoms with E-state index < -0.39 is 11.7 Å². The summed E-state index contributed by atoms with van der Waals surface area (Å²) < 4.78 is 52.6. The fourth-order valence-corrected chi connectivity index (χ4v) is 4.26. The maximum Gasteiger partial charge on any atom is 0.420 e. The molecular weight excluding hydrogens is 469 g/mol. The first-order valence-electron chi connectivity index (χ1n) is 11.6. The third-order valence-electron chi connectivity index (χ3n) is 6.30. The highest BCUT2D eigenvalue weighted by Gasteiger charge is 2.35. The van der Waals surface area contributed by atoms with Crippen molar-refractivity contribution in [3.8, 4) is 34.4 Å². The number of anilines is 1. The first-order chi connectivity index (χ1) is 17.3. The molecule has 1 fully saturated rings. The minimum absolute atomic E-state index is 0.000736. The molecule has 0 radical (unpaired) electrons. The zero-order valence-corrected chi connectivity index (χ0v) is 19.9. The Labute approximate surface area is 206 Å². The Kier molecular flexibility index (Phi) is 6.40. The average Bonchev–Trinajstić information content (AvgIpc) is 3.55. The first-order valence-corrected chi connectivity index (χ1v) is 11.6. The molecule has 5 rings (SSSR count). The van der Waals surface area contributed by atoms with Crippen molar-refractivity contribution in [3.05, 3.63) is 78.4 Å². The van der Waals surface area contributed by atoms with E-state index in [9.17, 15) is 13.2 Å². The number of rotatable bonds is 6.